The largest absolute Gasteiger partial charge is 0.484 e. The normalized spacial score (nSPS) is 18.0. The van der Waals surface area contributed by atoms with Gasteiger partial charge >= 0.3 is 17.9 Å². The maximum atomic E-state index is 14.0. The van der Waals surface area contributed by atoms with Gasteiger partial charge in [-0.05, 0) is 11.1 Å². The maximum Gasteiger partial charge on any atom is 0.303 e. The highest BCUT2D eigenvalue weighted by atomic mass is 16.7. The van der Waals surface area contributed by atoms with Crippen molar-refractivity contribution in [1.29, 1.82) is 0 Å². The van der Waals surface area contributed by atoms with Crippen LogP contribution in [0.2, 0.25) is 0 Å². The maximum absolute atomic E-state index is 14.0. The molecule has 0 radical (unpaired) electrons. The van der Waals surface area contributed by atoms with Gasteiger partial charge < -0.3 is 37.6 Å². The van der Waals surface area contributed by atoms with E-state index in [1.54, 1.807) is 12.1 Å². The van der Waals surface area contributed by atoms with Crippen molar-refractivity contribution in [2.24, 2.45) is 0 Å². The van der Waals surface area contributed by atoms with Gasteiger partial charge in [0, 0.05) is 38.5 Å². The highest BCUT2D eigenvalue weighted by Crippen LogP contribution is 2.46. The fourth-order valence-electron chi connectivity index (χ4n) is 5.71. The molecule has 0 bridgehead atoms. The van der Waals surface area contributed by atoms with Gasteiger partial charge in [-0.1, -0.05) is 91.0 Å². The molecule has 0 unspecified atom stereocenters. The first-order valence-electron chi connectivity index (χ1n) is 16.5. The molecule has 12 nitrogen and oxygen atoms in total. The Labute approximate surface area is 298 Å². The van der Waals surface area contributed by atoms with E-state index in [-0.39, 0.29) is 48.0 Å². The molecule has 5 aromatic rings. The summed E-state index contributed by atoms with van der Waals surface area (Å²) in [7, 11) is 0. The third kappa shape index (κ3) is 8.59. The fourth-order valence-corrected chi connectivity index (χ4v) is 5.71. The summed E-state index contributed by atoms with van der Waals surface area (Å²) in [6.07, 6.45) is -5.02. The summed E-state index contributed by atoms with van der Waals surface area (Å²) in [4.78, 5) is 50.2. The number of rotatable bonds is 13. The van der Waals surface area contributed by atoms with Crippen LogP contribution in [-0.2, 0) is 46.5 Å². The molecule has 268 valence electrons. The van der Waals surface area contributed by atoms with Gasteiger partial charge in [0.2, 0.25) is 18.1 Å². The topological polar surface area (TPSA) is 146 Å². The number of hydrogen-bond donors (Lipinski definition) is 0. The van der Waals surface area contributed by atoms with E-state index < -0.39 is 47.9 Å². The van der Waals surface area contributed by atoms with Crippen LogP contribution < -0.4 is 19.6 Å². The van der Waals surface area contributed by atoms with Crippen LogP contribution in [0.5, 0.6) is 17.2 Å². The van der Waals surface area contributed by atoms with Crippen LogP contribution >= 0.6 is 0 Å². The van der Waals surface area contributed by atoms with E-state index in [0.717, 1.165) is 11.1 Å². The molecular weight excluding hydrogens is 672 g/mol. The van der Waals surface area contributed by atoms with Gasteiger partial charge in [0.15, 0.2) is 23.0 Å². The molecular formula is C40H36O12. The van der Waals surface area contributed by atoms with E-state index in [1.807, 2.05) is 78.9 Å². The molecule has 0 aliphatic carbocycles. The number of esters is 3. The molecule has 4 aromatic carbocycles. The number of carbonyl (C=O) groups excluding carboxylic acids is 3. The summed E-state index contributed by atoms with van der Waals surface area (Å²) in [5, 5.41) is 0.0976. The van der Waals surface area contributed by atoms with E-state index in [0.29, 0.717) is 11.3 Å². The SMILES string of the molecule is CC(=O)OC[C@H]1O[C@H](Oc2cc3oc(-c4ccccc4)cc(=O)c3c(OCc3ccccc3)c2OCc2ccccc2)[C@@H](OC(C)=O)[C@@H]1OC(C)=O. The number of hydrogen-bond acceptors (Lipinski definition) is 12. The summed E-state index contributed by atoms with van der Waals surface area (Å²) < 4.78 is 47.9. The van der Waals surface area contributed by atoms with Gasteiger partial charge in [-0.2, -0.15) is 0 Å². The molecule has 0 spiro atoms. The Kier molecular flexibility index (Phi) is 11.2. The zero-order chi connectivity index (χ0) is 36.6. The van der Waals surface area contributed by atoms with Crippen molar-refractivity contribution in [3.63, 3.8) is 0 Å². The number of benzene rings is 4. The summed E-state index contributed by atoms with van der Waals surface area (Å²) in [6.45, 7) is 3.34. The molecule has 0 saturated carbocycles. The van der Waals surface area contributed by atoms with Crippen LogP contribution in [0.3, 0.4) is 0 Å². The molecule has 1 aromatic heterocycles. The van der Waals surface area contributed by atoms with Crippen LogP contribution in [0.1, 0.15) is 31.9 Å². The minimum Gasteiger partial charge on any atom is -0.484 e. The van der Waals surface area contributed by atoms with Crippen LogP contribution in [-0.4, -0.2) is 49.1 Å². The van der Waals surface area contributed by atoms with E-state index in [9.17, 15) is 19.2 Å². The van der Waals surface area contributed by atoms with Crippen LogP contribution in [0, 0.1) is 0 Å². The third-order valence-electron chi connectivity index (χ3n) is 7.97. The Hall–Kier alpha value is -6.14. The Morgan fingerprint density at radius 2 is 1.23 bits per heavy atom. The number of ether oxygens (including phenoxy) is 7. The lowest BCUT2D eigenvalue weighted by Gasteiger charge is -2.25. The lowest BCUT2D eigenvalue weighted by molar-refractivity contribution is -0.170. The van der Waals surface area contributed by atoms with E-state index >= 15 is 0 Å². The molecule has 12 heteroatoms. The van der Waals surface area contributed by atoms with E-state index in [1.165, 1.54) is 32.9 Å². The molecule has 0 N–H and O–H groups in total. The highest BCUT2D eigenvalue weighted by molar-refractivity contribution is 5.90. The van der Waals surface area contributed by atoms with Crippen LogP contribution in [0.25, 0.3) is 22.3 Å². The number of carbonyl (C=O) groups is 3. The second kappa shape index (κ2) is 16.3. The number of fused-ring (bicyclic) bond motifs is 1. The van der Waals surface area contributed by atoms with Gasteiger partial charge in [0.25, 0.3) is 0 Å². The lowest BCUT2D eigenvalue weighted by Crippen LogP contribution is -2.42. The Morgan fingerprint density at radius 1 is 0.673 bits per heavy atom. The monoisotopic (exact) mass is 708 g/mol. The van der Waals surface area contributed by atoms with Crippen molar-refractivity contribution >= 4 is 28.9 Å². The summed E-state index contributed by atoms with van der Waals surface area (Å²) >= 11 is 0. The molecule has 1 saturated heterocycles. The van der Waals surface area contributed by atoms with Gasteiger partial charge in [0.1, 0.15) is 42.7 Å². The van der Waals surface area contributed by atoms with Gasteiger partial charge in [0.05, 0.1) is 0 Å². The quantitative estimate of drug-likeness (QED) is 0.102. The Bertz CT molecular complexity index is 2080. The molecule has 1 fully saturated rings. The van der Waals surface area contributed by atoms with Crippen molar-refractivity contribution in [3.05, 3.63) is 124 Å². The predicted molar refractivity (Wildman–Crippen MR) is 186 cm³/mol. The smallest absolute Gasteiger partial charge is 0.303 e. The first kappa shape index (κ1) is 35.7. The van der Waals surface area contributed by atoms with E-state index in [4.69, 9.17) is 37.6 Å². The second-order valence-electron chi connectivity index (χ2n) is 11.9. The van der Waals surface area contributed by atoms with E-state index in [2.05, 4.69) is 0 Å². The standard InChI is InChI=1S/C40H36O12/c1-24(41)45-23-34-37(48-25(2)42)39(49-26(3)43)40(52-34)51-33-20-32-35(30(44)19-31(50-32)29-17-11-6-12-18-29)38(47-22-28-15-9-5-10-16-28)36(33)46-21-27-13-7-4-8-14-27/h4-20,34,37,39-40H,21-23H2,1-3H3/t34-,37-,39+,40+/m1/s1. The zero-order valence-corrected chi connectivity index (χ0v) is 28.6. The first-order chi connectivity index (χ1) is 25.2. The lowest BCUT2D eigenvalue weighted by atomic mass is 10.1. The average molecular weight is 709 g/mol. The third-order valence-corrected chi connectivity index (χ3v) is 7.97. The molecule has 52 heavy (non-hydrogen) atoms. The minimum atomic E-state index is -1.42. The predicted octanol–water partition coefficient (Wildman–Crippen LogP) is 6.15. The molecule has 0 amide bonds. The van der Waals surface area contributed by atoms with Crippen molar-refractivity contribution in [1.82, 2.24) is 0 Å². The van der Waals surface area contributed by atoms with Crippen molar-refractivity contribution < 1.29 is 52.0 Å². The first-order valence-corrected chi connectivity index (χ1v) is 16.5. The van der Waals surface area contributed by atoms with Crippen molar-refractivity contribution in [2.45, 2.75) is 58.6 Å². The molecule has 2 heterocycles. The minimum absolute atomic E-state index is 0.00304. The molecule has 1 aliphatic rings. The Morgan fingerprint density at radius 3 is 1.81 bits per heavy atom. The second-order valence-corrected chi connectivity index (χ2v) is 11.9. The van der Waals surface area contributed by atoms with Gasteiger partial charge in [-0.15, -0.1) is 0 Å². The van der Waals surface area contributed by atoms with Gasteiger partial charge in [-0.3, -0.25) is 19.2 Å². The van der Waals surface area contributed by atoms with Gasteiger partial charge in [-0.25, -0.2) is 0 Å². The summed E-state index contributed by atoms with van der Waals surface area (Å²) in [5.41, 5.74) is 1.98. The van der Waals surface area contributed by atoms with Crippen molar-refractivity contribution in [2.75, 3.05) is 6.61 Å². The molecule has 6 rings (SSSR count). The zero-order valence-electron chi connectivity index (χ0n) is 28.6. The highest BCUT2D eigenvalue weighted by Gasteiger charge is 2.51. The fraction of sp³-hybridized carbons (Fsp3) is 0.250. The molecule has 1 aliphatic heterocycles. The Balaban J connectivity index is 1.51. The molecule has 4 atom stereocenters. The summed E-state index contributed by atoms with van der Waals surface area (Å²) in [6, 6.07) is 30.6. The van der Waals surface area contributed by atoms with Crippen molar-refractivity contribution in [3.8, 4) is 28.6 Å². The van der Waals surface area contributed by atoms with Crippen LogP contribution in [0.15, 0.2) is 112 Å². The summed E-state index contributed by atoms with van der Waals surface area (Å²) in [5.74, 6) is -1.64. The average Bonchev–Trinajstić information content (AvgIpc) is 3.43. The van der Waals surface area contributed by atoms with Crippen LogP contribution in [0.4, 0.5) is 0 Å².